The molecule has 0 aliphatic carbocycles. The van der Waals surface area contributed by atoms with Gasteiger partial charge < -0.3 is 15.7 Å². The Bertz CT molecular complexity index is 1080. The molecule has 2 rings (SSSR count). The van der Waals surface area contributed by atoms with Crippen LogP contribution in [0, 0.1) is 11.8 Å². The van der Waals surface area contributed by atoms with Crippen LogP contribution in [-0.2, 0) is 28.8 Å². The number of imide groups is 4. The van der Waals surface area contributed by atoms with Crippen LogP contribution in [0.3, 0.4) is 0 Å². The fourth-order valence-corrected chi connectivity index (χ4v) is 4.94. The number of nitrogens with two attached hydrogens (primary N) is 1. The van der Waals surface area contributed by atoms with E-state index in [0.29, 0.717) is 4.90 Å². The Hall–Kier alpha value is -3.40. The smallest absolute Gasteiger partial charge is 0.451 e. The molecule has 0 unspecified atom stereocenters. The predicted octanol–water partition coefficient (Wildman–Crippen LogP) is 0.168. The van der Waals surface area contributed by atoms with Crippen LogP contribution in [0.2, 0.25) is 0 Å². The Morgan fingerprint density at radius 1 is 1.08 bits per heavy atom. The van der Waals surface area contributed by atoms with Crippen molar-refractivity contribution < 1.29 is 51.8 Å². The van der Waals surface area contributed by atoms with Gasteiger partial charge in [0.1, 0.15) is 13.1 Å². The van der Waals surface area contributed by atoms with Gasteiger partial charge in [0, 0.05) is 13.5 Å². The topological polar surface area (TPSA) is 179 Å². The van der Waals surface area contributed by atoms with Crippen molar-refractivity contribution in [3.05, 3.63) is 0 Å². The second-order valence-electron chi connectivity index (χ2n) is 10.2. The van der Waals surface area contributed by atoms with Crippen LogP contribution >= 0.6 is 0 Å². The number of Topliss-reactive ketones (excluding diaryl/α,β-unsaturated/α-hetero) is 1. The van der Waals surface area contributed by atoms with E-state index in [1.807, 2.05) is 0 Å². The van der Waals surface area contributed by atoms with Gasteiger partial charge in [0.2, 0.25) is 5.91 Å². The second kappa shape index (κ2) is 11.4. The fourth-order valence-electron chi connectivity index (χ4n) is 4.94. The highest BCUT2D eigenvalue weighted by molar-refractivity contribution is 6.17. The minimum Gasteiger partial charge on any atom is -0.480 e. The number of halogens is 3. The van der Waals surface area contributed by atoms with Crippen molar-refractivity contribution in [2.75, 3.05) is 19.6 Å². The van der Waals surface area contributed by atoms with Gasteiger partial charge in [-0.25, -0.2) is 14.6 Å². The lowest BCUT2D eigenvalue weighted by Gasteiger charge is -2.47. The number of carboxylic acids is 1. The molecule has 39 heavy (non-hydrogen) atoms. The fraction of sp³-hybridized carbons (Fsp3) is 0.696. The number of carboxylic acid groups (broad SMARTS) is 1. The molecule has 16 heteroatoms. The van der Waals surface area contributed by atoms with Gasteiger partial charge >= 0.3 is 18.2 Å². The first-order valence-corrected chi connectivity index (χ1v) is 12.2. The molecule has 0 aromatic carbocycles. The highest BCUT2D eigenvalue weighted by Crippen LogP contribution is 2.42. The van der Waals surface area contributed by atoms with Crippen LogP contribution in [0.15, 0.2) is 0 Å². The molecule has 0 aromatic rings. The Balaban J connectivity index is 2.85. The van der Waals surface area contributed by atoms with Crippen LogP contribution < -0.4 is 5.73 Å². The van der Waals surface area contributed by atoms with Crippen LogP contribution in [0.4, 0.5) is 18.0 Å². The molecular formula is C23H32F3N5O8. The maximum atomic E-state index is 14.2. The molecule has 2 fully saturated rings. The largest absolute Gasteiger partial charge is 0.480 e. The molecule has 2 heterocycles. The third-order valence-corrected chi connectivity index (χ3v) is 6.73. The molecule has 3 N–H and O–H groups in total. The number of rotatable bonds is 9. The van der Waals surface area contributed by atoms with Gasteiger partial charge in [-0.05, 0) is 24.7 Å². The molecule has 13 nitrogen and oxygen atoms in total. The monoisotopic (exact) mass is 563 g/mol. The Morgan fingerprint density at radius 3 is 2.08 bits per heavy atom. The maximum absolute atomic E-state index is 14.2. The third-order valence-electron chi connectivity index (χ3n) is 6.73. The van der Waals surface area contributed by atoms with E-state index in [4.69, 9.17) is 10.8 Å². The molecule has 2 aliphatic rings. The lowest BCUT2D eigenvalue weighted by Crippen LogP contribution is -2.73. The van der Waals surface area contributed by atoms with Crippen molar-refractivity contribution >= 4 is 41.4 Å². The normalized spacial score (nSPS) is 22.0. The standard InChI is InChI=1S/C23H32F3N5O8/c1-11(2)16(27)19(37)30(13(5)32)20(38)22(31-14(33)9-28(21(31)39)10-15(34)35)7-6-8-29(22)17(12(3)4)18(36)23(24,25)26/h11-12,16-17H,6-10,27H2,1-5H3,(H,34,35)/t16-,17-,22+/m0/s1. The number of carbonyl (C=O) groups excluding carboxylic acids is 6. The van der Waals surface area contributed by atoms with Crippen molar-refractivity contribution in [2.45, 2.75) is 71.4 Å². The van der Waals surface area contributed by atoms with Gasteiger partial charge in [0.15, 0.2) is 5.66 Å². The summed E-state index contributed by atoms with van der Waals surface area (Å²) in [7, 11) is 0. The quantitative estimate of drug-likeness (QED) is 0.367. The van der Waals surface area contributed by atoms with E-state index in [1.165, 1.54) is 27.7 Å². The number of hydrogen-bond acceptors (Lipinski definition) is 9. The summed E-state index contributed by atoms with van der Waals surface area (Å²) in [5, 5.41) is 9.14. The summed E-state index contributed by atoms with van der Waals surface area (Å²) in [6.07, 6.45) is -6.03. The SMILES string of the molecule is CC(=O)N(C(=O)[C@@H](N)C(C)C)C(=O)[C@]1(N2C(=O)CN(CC(=O)O)C2=O)CCCN1[C@H](C(=O)C(F)(F)F)C(C)C. The summed E-state index contributed by atoms with van der Waals surface area (Å²) in [6.45, 7) is 4.14. The number of likely N-dealkylation sites (tertiary alicyclic amines) is 1. The third kappa shape index (κ3) is 5.80. The Morgan fingerprint density at radius 2 is 1.64 bits per heavy atom. The summed E-state index contributed by atoms with van der Waals surface area (Å²) in [5.41, 5.74) is 3.15. The molecule has 0 bridgehead atoms. The zero-order chi connectivity index (χ0) is 30.2. The highest BCUT2D eigenvalue weighted by Gasteiger charge is 2.65. The van der Waals surface area contributed by atoms with Gasteiger partial charge in [-0.3, -0.25) is 33.7 Å². The number of amides is 6. The summed E-state index contributed by atoms with van der Waals surface area (Å²) in [4.78, 5) is 92.0. The molecular weight excluding hydrogens is 531 g/mol. The Labute approximate surface area is 222 Å². The van der Waals surface area contributed by atoms with Gasteiger partial charge in [-0.15, -0.1) is 0 Å². The number of urea groups is 1. The lowest BCUT2D eigenvalue weighted by atomic mass is 9.92. The minimum atomic E-state index is -5.38. The summed E-state index contributed by atoms with van der Waals surface area (Å²) < 4.78 is 41.1. The van der Waals surface area contributed by atoms with Crippen molar-refractivity contribution in [1.29, 1.82) is 0 Å². The van der Waals surface area contributed by atoms with Gasteiger partial charge in [0.05, 0.1) is 12.1 Å². The highest BCUT2D eigenvalue weighted by atomic mass is 19.4. The van der Waals surface area contributed by atoms with Gasteiger partial charge in [0.25, 0.3) is 23.5 Å². The molecule has 6 amide bonds. The number of carbonyl (C=O) groups is 7. The maximum Gasteiger partial charge on any atom is 0.451 e. The Kier molecular flexibility index (Phi) is 9.28. The van der Waals surface area contributed by atoms with E-state index in [2.05, 4.69) is 0 Å². The first kappa shape index (κ1) is 31.8. The molecule has 2 saturated heterocycles. The van der Waals surface area contributed by atoms with Crippen LogP contribution in [-0.4, -0.2) is 110 Å². The summed E-state index contributed by atoms with van der Waals surface area (Å²) in [5.74, 6) is -10.6. The molecule has 0 aromatic heterocycles. The number of aliphatic carboxylic acids is 1. The van der Waals surface area contributed by atoms with Crippen molar-refractivity contribution in [3.8, 4) is 0 Å². The molecule has 2 aliphatic heterocycles. The van der Waals surface area contributed by atoms with Crippen LogP contribution in [0.25, 0.3) is 0 Å². The van der Waals surface area contributed by atoms with Gasteiger partial charge in [-0.1, -0.05) is 27.7 Å². The van der Waals surface area contributed by atoms with Crippen LogP contribution in [0.5, 0.6) is 0 Å². The van der Waals surface area contributed by atoms with E-state index in [-0.39, 0.29) is 16.2 Å². The van der Waals surface area contributed by atoms with Crippen LogP contribution in [0.1, 0.15) is 47.5 Å². The summed E-state index contributed by atoms with van der Waals surface area (Å²) in [6, 6.07) is -4.86. The molecule has 0 saturated carbocycles. The summed E-state index contributed by atoms with van der Waals surface area (Å²) >= 11 is 0. The minimum absolute atomic E-state index is 0.0822. The predicted molar refractivity (Wildman–Crippen MR) is 125 cm³/mol. The van der Waals surface area contributed by atoms with Crippen molar-refractivity contribution in [3.63, 3.8) is 0 Å². The number of ketones is 1. The van der Waals surface area contributed by atoms with Crippen molar-refractivity contribution in [2.24, 2.45) is 17.6 Å². The van der Waals surface area contributed by atoms with E-state index in [0.717, 1.165) is 11.8 Å². The van der Waals surface area contributed by atoms with E-state index in [1.54, 1.807) is 0 Å². The van der Waals surface area contributed by atoms with E-state index >= 15 is 0 Å². The second-order valence-corrected chi connectivity index (χ2v) is 10.2. The number of alkyl halides is 3. The number of nitrogens with zero attached hydrogens (tertiary/aromatic N) is 4. The molecule has 0 radical (unpaired) electrons. The zero-order valence-electron chi connectivity index (χ0n) is 22.1. The average molecular weight is 564 g/mol. The first-order chi connectivity index (χ1) is 17.8. The molecule has 218 valence electrons. The first-order valence-electron chi connectivity index (χ1n) is 12.2. The molecule has 0 spiro atoms. The molecule has 3 atom stereocenters. The van der Waals surface area contributed by atoms with Gasteiger partial charge in [-0.2, -0.15) is 13.2 Å². The lowest BCUT2D eigenvalue weighted by molar-refractivity contribution is -0.186. The van der Waals surface area contributed by atoms with E-state index < -0.39 is 103 Å². The zero-order valence-corrected chi connectivity index (χ0v) is 22.1. The average Bonchev–Trinajstić information content (AvgIpc) is 3.32. The van der Waals surface area contributed by atoms with Crippen molar-refractivity contribution in [1.82, 2.24) is 19.6 Å². The number of hydrogen-bond donors (Lipinski definition) is 2. The van der Waals surface area contributed by atoms with E-state index in [9.17, 15) is 46.7 Å².